The summed E-state index contributed by atoms with van der Waals surface area (Å²) in [5, 5.41) is 5.80. The zero-order valence-electron chi connectivity index (χ0n) is 13.4. The normalized spacial score (nSPS) is 10.3. The minimum absolute atomic E-state index is 0.251. The van der Waals surface area contributed by atoms with Crippen LogP contribution in [0.5, 0.6) is 0 Å². The van der Waals surface area contributed by atoms with Gasteiger partial charge in [0.15, 0.2) is 0 Å². The molecule has 0 unspecified atom stereocenters. The van der Waals surface area contributed by atoms with Crippen LogP contribution in [0.25, 0.3) is 0 Å². The number of carbonyl (C=O) groups is 2. The molecule has 0 heterocycles. The lowest BCUT2D eigenvalue weighted by molar-refractivity contribution is 0.0954. The van der Waals surface area contributed by atoms with Crippen molar-refractivity contribution >= 4 is 29.1 Å². The van der Waals surface area contributed by atoms with Gasteiger partial charge in [0.25, 0.3) is 11.8 Å². The van der Waals surface area contributed by atoms with Crippen molar-refractivity contribution in [2.45, 2.75) is 13.3 Å². The molecule has 2 rings (SSSR count). The lowest BCUT2D eigenvalue weighted by Gasteiger charge is -2.09. The molecule has 4 N–H and O–H groups in total. The second-order valence-corrected chi connectivity index (χ2v) is 5.65. The van der Waals surface area contributed by atoms with Crippen molar-refractivity contribution in [3.8, 4) is 0 Å². The number of amides is 2. The Balaban J connectivity index is 2.13. The molecule has 0 fully saturated rings. The summed E-state index contributed by atoms with van der Waals surface area (Å²) in [6, 6.07) is 12.1. The molecule has 0 spiro atoms. The van der Waals surface area contributed by atoms with E-state index in [0.29, 0.717) is 34.9 Å². The first-order valence-corrected chi connectivity index (χ1v) is 8.11. The Bertz CT molecular complexity index is 730. The standard InChI is InChI=1S/C18H20ClN3O2/c1-2-21-18(24)15-11-14(7-8-16(15)19)22-17(23)13-5-3-12(4-6-13)9-10-20/h3-8,11H,2,9-10,20H2,1H3,(H,21,24)(H,22,23). The van der Waals surface area contributed by atoms with E-state index in [1.807, 2.05) is 19.1 Å². The lowest BCUT2D eigenvalue weighted by atomic mass is 10.1. The molecule has 0 radical (unpaired) electrons. The van der Waals surface area contributed by atoms with Crippen molar-refractivity contribution in [2.24, 2.45) is 5.73 Å². The highest BCUT2D eigenvalue weighted by Gasteiger charge is 2.12. The molecule has 5 nitrogen and oxygen atoms in total. The van der Waals surface area contributed by atoms with E-state index in [1.165, 1.54) is 0 Å². The highest BCUT2D eigenvalue weighted by Crippen LogP contribution is 2.21. The van der Waals surface area contributed by atoms with Crippen LogP contribution in [0.2, 0.25) is 5.02 Å². The fourth-order valence-corrected chi connectivity index (χ4v) is 2.43. The van der Waals surface area contributed by atoms with Gasteiger partial charge in [-0.3, -0.25) is 9.59 Å². The Morgan fingerprint density at radius 3 is 2.42 bits per heavy atom. The van der Waals surface area contributed by atoms with Gasteiger partial charge in [-0.2, -0.15) is 0 Å². The number of hydrogen-bond donors (Lipinski definition) is 3. The SMILES string of the molecule is CCNC(=O)c1cc(NC(=O)c2ccc(CCN)cc2)ccc1Cl. The van der Waals surface area contributed by atoms with Crippen molar-refractivity contribution in [1.82, 2.24) is 5.32 Å². The van der Waals surface area contributed by atoms with Gasteiger partial charge in [0, 0.05) is 17.8 Å². The maximum atomic E-state index is 12.3. The summed E-state index contributed by atoms with van der Waals surface area (Å²) in [6.07, 6.45) is 0.773. The molecule has 0 bridgehead atoms. The van der Waals surface area contributed by atoms with E-state index in [0.717, 1.165) is 12.0 Å². The zero-order valence-corrected chi connectivity index (χ0v) is 14.2. The Kier molecular flexibility index (Phi) is 6.35. The minimum Gasteiger partial charge on any atom is -0.352 e. The number of halogens is 1. The molecule has 2 aromatic carbocycles. The van der Waals surface area contributed by atoms with Crippen LogP contribution in [0.1, 0.15) is 33.2 Å². The topological polar surface area (TPSA) is 84.2 Å². The molecule has 0 aliphatic heterocycles. The summed E-state index contributed by atoms with van der Waals surface area (Å²) in [4.78, 5) is 24.3. The third kappa shape index (κ3) is 4.57. The van der Waals surface area contributed by atoms with Gasteiger partial charge in [-0.1, -0.05) is 23.7 Å². The second-order valence-electron chi connectivity index (χ2n) is 5.24. The Morgan fingerprint density at radius 2 is 1.79 bits per heavy atom. The van der Waals surface area contributed by atoms with Gasteiger partial charge in [0.05, 0.1) is 10.6 Å². The van der Waals surface area contributed by atoms with Crippen molar-refractivity contribution in [2.75, 3.05) is 18.4 Å². The van der Waals surface area contributed by atoms with Crippen LogP contribution in [-0.2, 0) is 6.42 Å². The first-order chi connectivity index (χ1) is 11.5. The molecule has 6 heteroatoms. The second kappa shape index (κ2) is 8.47. The Hall–Kier alpha value is -2.37. The molecule has 0 aliphatic rings. The van der Waals surface area contributed by atoms with Gasteiger partial charge in [0.1, 0.15) is 0 Å². The molecule has 0 atom stereocenters. The largest absolute Gasteiger partial charge is 0.352 e. The van der Waals surface area contributed by atoms with Crippen molar-refractivity contribution in [3.63, 3.8) is 0 Å². The molecule has 2 amide bonds. The van der Waals surface area contributed by atoms with Crippen molar-refractivity contribution in [1.29, 1.82) is 0 Å². The van der Waals surface area contributed by atoms with E-state index in [2.05, 4.69) is 10.6 Å². The molecule has 126 valence electrons. The van der Waals surface area contributed by atoms with Crippen molar-refractivity contribution < 1.29 is 9.59 Å². The van der Waals surface area contributed by atoms with Crippen LogP contribution in [-0.4, -0.2) is 24.9 Å². The predicted molar refractivity (Wildman–Crippen MR) is 96.6 cm³/mol. The number of nitrogens with two attached hydrogens (primary N) is 1. The first-order valence-electron chi connectivity index (χ1n) is 7.73. The number of nitrogens with one attached hydrogen (secondary N) is 2. The van der Waals surface area contributed by atoms with Gasteiger partial charge < -0.3 is 16.4 Å². The van der Waals surface area contributed by atoms with E-state index in [1.54, 1.807) is 30.3 Å². The molecule has 2 aromatic rings. The van der Waals surface area contributed by atoms with E-state index in [4.69, 9.17) is 17.3 Å². The summed E-state index contributed by atoms with van der Waals surface area (Å²) in [5.74, 6) is -0.525. The highest BCUT2D eigenvalue weighted by atomic mass is 35.5. The third-order valence-electron chi connectivity index (χ3n) is 3.46. The average Bonchev–Trinajstić information content (AvgIpc) is 2.57. The minimum atomic E-state index is -0.273. The smallest absolute Gasteiger partial charge is 0.255 e. The number of hydrogen-bond acceptors (Lipinski definition) is 3. The van der Waals surface area contributed by atoms with Crippen LogP contribution < -0.4 is 16.4 Å². The average molecular weight is 346 g/mol. The van der Waals surface area contributed by atoms with Gasteiger partial charge in [-0.15, -0.1) is 0 Å². The van der Waals surface area contributed by atoms with E-state index >= 15 is 0 Å². The molecule has 0 aromatic heterocycles. The molecule has 0 saturated carbocycles. The van der Waals surface area contributed by atoms with Gasteiger partial charge >= 0.3 is 0 Å². The summed E-state index contributed by atoms with van der Waals surface area (Å²) < 4.78 is 0. The Morgan fingerprint density at radius 1 is 1.08 bits per heavy atom. The zero-order chi connectivity index (χ0) is 17.5. The maximum absolute atomic E-state index is 12.3. The number of carbonyl (C=O) groups excluding carboxylic acids is 2. The van der Waals surface area contributed by atoms with Crippen LogP contribution in [0, 0.1) is 0 Å². The highest BCUT2D eigenvalue weighted by molar-refractivity contribution is 6.34. The van der Waals surface area contributed by atoms with Gasteiger partial charge in [0.2, 0.25) is 0 Å². The molecule has 0 saturated heterocycles. The van der Waals surface area contributed by atoms with Crippen LogP contribution >= 0.6 is 11.6 Å². The monoisotopic (exact) mass is 345 g/mol. The van der Waals surface area contributed by atoms with Crippen LogP contribution in [0.4, 0.5) is 5.69 Å². The first kappa shape index (κ1) is 18.0. The summed E-state index contributed by atoms with van der Waals surface area (Å²) >= 11 is 6.04. The van der Waals surface area contributed by atoms with Gasteiger partial charge in [-0.25, -0.2) is 0 Å². The third-order valence-corrected chi connectivity index (χ3v) is 3.78. The molecular weight excluding hydrogens is 326 g/mol. The lowest BCUT2D eigenvalue weighted by Crippen LogP contribution is -2.23. The van der Waals surface area contributed by atoms with Crippen molar-refractivity contribution in [3.05, 3.63) is 64.2 Å². The summed E-state index contributed by atoms with van der Waals surface area (Å²) in [6.45, 7) is 2.89. The fraction of sp³-hybridized carbons (Fsp3) is 0.222. The quantitative estimate of drug-likeness (QED) is 0.752. The van der Waals surface area contributed by atoms with E-state index in [9.17, 15) is 9.59 Å². The maximum Gasteiger partial charge on any atom is 0.255 e. The molecule has 0 aliphatic carbocycles. The number of rotatable bonds is 6. The Labute approximate surface area is 146 Å². The molecule has 24 heavy (non-hydrogen) atoms. The van der Waals surface area contributed by atoms with Crippen LogP contribution in [0.15, 0.2) is 42.5 Å². The predicted octanol–water partition coefficient (Wildman–Crippen LogP) is 2.84. The number of anilines is 1. The summed E-state index contributed by atoms with van der Waals surface area (Å²) in [5.41, 5.74) is 7.96. The van der Waals surface area contributed by atoms with E-state index in [-0.39, 0.29) is 11.8 Å². The van der Waals surface area contributed by atoms with Crippen LogP contribution in [0.3, 0.4) is 0 Å². The van der Waals surface area contributed by atoms with Gasteiger partial charge in [-0.05, 0) is 55.8 Å². The van der Waals surface area contributed by atoms with E-state index < -0.39 is 0 Å². The fourth-order valence-electron chi connectivity index (χ4n) is 2.23. The number of benzene rings is 2. The molecular formula is C18H20ClN3O2. The summed E-state index contributed by atoms with van der Waals surface area (Å²) in [7, 11) is 0.